The lowest BCUT2D eigenvalue weighted by Crippen LogP contribution is -2.33. The van der Waals surface area contributed by atoms with Gasteiger partial charge in [-0.25, -0.2) is 5.06 Å². The molecule has 0 aliphatic rings. The van der Waals surface area contributed by atoms with Crippen LogP contribution in [0.25, 0.3) is 10.8 Å². The Labute approximate surface area is 116 Å². The molecule has 0 saturated heterocycles. The molecule has 1 aromatic carbocycles. The molecule has 1 aromatic heterocycles. The minimum absolute atomic E-state index is 0.212. The fourth-order valence-electron chi connectivity index (χ4n) is 2.03. The number of hydrogen-bond donors (Lipinski definition) is 0. The number of allylic oxidation sites excluding steroid dienone is 1. The standard InChI is InChI=1S/C15H16N2O3/c1-4-9-17-13(15(19)16(2)20-3)10-11-7-5-6-8-12(11)14(17)18/h4-8,10H,1,9H2,2-3H3. The van der Waals surface area contributed by atoms with Gasteiger partial charge < -0.3 is 0 Å². The number of pyridine rings is 1. The molecule has 1 heterocycles. The molecule has 0 saturated carbocycles. The van der Waals surface area contributed by atoms with Gasteiger partial charge in [-0.1, -0.05) is 24.3 Å². The first kappa shape index (κ1) is 14.0. The van der Waals surface area contributed by atoms with E-state index in [2.05, 4.69) is 6.58 Å². The van der Waals surface area contributed by atoms with Crippen molar-refractivity contribution < 1.29 is 9.63 Å². The normalized spacial score (nSPS) is 10.5. The van der Waals surface area contributed by atoms with Gasteiger partial charge in [0.15, 0.2) is 0 Å². The van der Waals surface area contributed by atoms with E-state index < -0.39 is 0 Å². The highest BCUT2D eigenvalue weighted by molar-refractivity contribution is 5.96. The number of nitrogens with zero attached hydrogens (tertiary/aromatic N) is 2. The van der Waals surface area contributed by atoms with E-state index in [1.807, 2.05) is 6.07 Å². The van der Waals surface area contributed by atoms with Crippen LogP contribution < -0.4 is 5.56 Å². The maximum absolute atomic E-state index is 12.5. The van der Waals surface area contributed by atoms with Crippen molar-refractivity contribution in [3.63, 3.8) is 0 Å². The van der Waals surface area contributed by atoms with E-state index in [1.54, 1.807) is 30.3 Å². The Morgan fingerprint density at radius 2 is 2.15 bits per heavy atom. The lowest BCUT2D eigenvalue weighted by atomic mass is 10.1. The van der Waals surface area contributed by atoms with Crippen LogP contribution in [0, 0.1) is 0 Å². The van der Waals surface area contributed by atoms with E-state index in [9.17, 15) is 9.59 Å². The van der Waals surface area contributed by atoms with E-state index in [0.29, 0.717) is 5.39 Å². The second-order valence-electron chi connectivity index (χ2n) is 4.31. The first-order valence-electron chi connectivity index (χ1n) is 6.15. The van der Waals surface area contributed by atoms with E-state index in [1.165, 1.54) is 18.7 Å². The monoisotopic (exact) mass is 272 g/mol. The third-order valence-electron chi connectivity index (χ3n) is 3.11. The Morgan fingerprint density at radius 3 is 2.80 bits per heavy atom. The van der Waals surface area contributed by atoms with Crippen molar-refractivity contribution in [2.45, 2.75) is 6.54 Å². The van der Waals surface area contributed by atoms with Gasteiger partial charge in [-0.2, -0.15) is 0 Å². The molecule has 2 aromatic rings. The van der Waals surface area contributed by atoms with Crippen LogP contribution in [0.4, 0.5) is 0 Å². The Bertz CT molecular complexity index is 719. The van der Waals surface area contributed by atoms with Crippen molar-refractivity contribution in [2.24, 2.45) is 0 Å². The maximum Gasteiger partial charge on any atom is 0.293 e. The summed E-state index contributed by atoms with van der Waals surface area (Å²) in [5.74, 6) is -0.378. The molecule has 0 radical (unpaired) electrons. The maximum atomic E-state index is 12.5. The fraction of sp³-hybridized carbons (Fsp3) is 0.200. The molecule has 1 amide bonds. The van der Waals surface area contributed by atoms with Crippen LogP contribution in [0.2, 0.25) is 0 Å². The summed E-state index contributed by atoms with van der Waals surface area (Å²) in [4.78, 5) is 29.6. The SMILES string of the molecule is C=CCn1c(C(=O)N(C)OC)cc2ccccc2c1=O. The van der Waals surface area contributed by atoms with E-state index in [0.717, 1.165) is 10.4 Å². The van der Waals surface area contributed by atoms with Crippen molar-refractivity contribution in [2.75, 3.05) is 14.2 Å². The molecule has 0 unspecified atom stereocenters. The number of carbonyl (C=O) groups excluding carboxylic acids is 1. The first-order chi connectivity index (χ1) is 9.60. The summed E-state index contributed by atoms with van der Waals surface area (Å²) < 4.78 is 1.40. The van der Waals surface area contributed by atoms with Crippen LogP contribution in [0.3, 0.4) is 0 Å². The summed E-state index contributed by atoms with van der Waals surface area (Å²) in [6.45, 7) is 3.89. The van der Waals surface area contributed by atoms with Crippen molar-refractivity contribution >= 4 is 16.7 Å². The predicted octanol–water partition coefficient (Wildman–Crippen LogP) is 1.82. The number of amides is 1. The molecule has 104 valence electrons. The summed E-state index contributed by atoms with van der Waals surface area (Å²) in [7, 11) is 2.90. The van der Waals surface area contributed by atoms with Gasteiger partial charge in [-0.15, -0.1) is 6.58 Å². The highest BCUT2D eigenvalue weighted by Gasteiger charge is 2.18. The van der Waals surface area contributed by atoms with E-state index in [-0.39, 0.29) is 23.7 Å². The third kappa shape index (κ3) is 2.35. The summed E-state index contributed by atoms with van der Waals surface area (Å²) in [6, 6.07) is 8.86. The zero-order chi connectivity index (χ0) is 14.7. The Hall–Kier alpha value is -2.40. The van der Waals surface area contributed by atoms with Gasteiger partial charge in [0.25, 0.3) is 11.5 Å². The average Bonchev–Trinajstić information content (AvgIpc) is 2.48. The number of aromatic nitrogens is 1. The Balaban J connectivity index is 2.74. The number of carbonyl (C=O) groups is 1. The van der Waals surface area contributed by atoms with Crippen LogP contribution in [0.5, 0.6) is 0 Å². The molecule has 0 spiro atoms. The minimum Gasteiger partial charge on any atom is -0.299 e. The zero-order valence-corrected chi connectivity index (χ0v) is 11.5. The van der Waals surface area contributed by atoms with Gasteiger partial charge in [-0.05, 0) is 17.5 Å². The largest absolute Gasteiger partial charge is 0.299 e. The summed E-state index contributed by atoms with van der Waals surface area (Å²) in [5.41, 5.74) is 0.0637. The molecule has 0 aliphatic carbocycles. The van der Waals surface area contributed by atoms with Gasteiger partial charge in [0.1, 0.15) is 5.69 Å². The molecule has 5 nitrogen and oxygen atoms in total. The summed E-state index contributed by atoms with van der Waals surface area (Å²) >= 11 is 0. The lowest BCUT2D eigenvalue weighted by Gasteiger charge is -2.17. The molecule has 5 heteroatoms. The van der Waals surface area contributed by atoms with E-state index >= 15 is 0 Å². The molecular formula is C15H16N2O3. The van der Waals surface area contributed by atoms with Crippen molar-refractivity contribution in [3.05, 3.63) is 59.0 Å². The van der Waals surface area contributed by atoms with Crippen LogP contribution in [0.1, 0.15) is 10.5 Å². The minimum atomic E-state index is -0.378. The summed E-state index contributed by atoms with van der Waals surface area (Å²) in [6.07, 6.45) is 1.58. The van der Waals surface area contributed by atoms with Gasteiger partial charge in [0.2, 0.25) is 0 Å². The number of hydrogen-bond acceptors (Lipinski definition) is 3. The number of benzene rings is 1. The van der Waals surface area contributed by atoms with Crippen molar-refractivity contribution in [1.82, 2.24) is 9.63 Å². The number of hydroxylamine groups is 2. The lowest BCUT2D eigenvalue weighted by molar-refractivity contribution is -0.0763. The molecule has 0 aliphatic heterocycles. The van der Waals surface area contributed by atoms with Gasteiger partial charge >= 0.3 is 0 Å². The van der Waals surface area contributed by atoms with Crippen LogP contribution in [0.15, 0.2) is 47.8 Å². The van der Waals surface area contributed by atoms with Crippen molar-refractivity contribution in [3.8, 4) is 0 Å². The quantitative estimate of drug-likeness (QED) is 0.630. The number of fused-ring (bicyclic) bond motifs is 1. The van der Waals surface area contributed by atoms with Crippen LogP contribution in [-0.4, -0.2) is 29.7 Å². The molecule has 0 bridgehead atoms. The topological polar surface area (TPSA) is 51.5 Å². The average molecular weight is 272 g/mol. The van der Waals surface area contributed by atoms with Crippen molar-refractivity contribution in [1.29, 1.82) is 0 Å². The van der Waals surface area contributed by atoms with Crippen LogP contribution in [-0.2, 0) is 11.4 Å². The van der Waals surface area contributed by atoms with E-state index in [4.69, 9.17) is 4.84 Å². The van der Waals surface area contributed by atoms with Gasteiger partial charge in [0, 0.05) is 19.0 Å². The molecule has 2 rings (SSSR count). The van der Waals surface area contributed by atoms with Gasteiger partial charge in [0.05, 0.1) is 7.11 Å². The number of rotatable bonds is 4. The predicted molar refractivity (Wildman–Crippen MR) is 77.5 cm³/mol. The third-order valence-corrected chi connectivity index (χ3v) is 3.11. The molecule has 20 heavy (non-hydrogen) atoms. The fourth-order valence-corrected chi connectivity index (χ4v) is 2.03. The van der Waals surface area contributed by atoms with Gasteiger partial charge in [-0.3, -0.25) is 19.0 Å². The Kier molecular flexibility index (Phi) is 4.00. The summed E-state index contributed by atoms with van der Waals surface area (Å²) in [5, 5.41) is 2.39. The molecule has 0 atom stereocenters. The molecule has 0 N–H and O–H groups in total. The molecule has 0 fully saturated rings. The first-order valence-corrected chi connectivity index (χ1v) is 6.15. The molecular weight excluding hydrogens is 256 g/mol. The van der Waals surface area contributed by atoms with Crippen LogP contribution >= 0.6 is 0 Å². The smallest absolute Gasteiger partial charge is 0.293 e. The second-order valence-corrected chi connectivity index (χ2v) is 4.31. The highest BCUT2D eigenvalue weighted by Crippen LogP contribution is 2.13. The second kappa shape index (κ2) is 5.71. The Morgan fingerprint density at radius 1 is 1.45 bits per heavy atom. The zero-order valence-electron chi connectivity index (χ0n) is 11.5. The highest BCUT2D eigenvalue weighted by atomic mass is 16.7.